The molecule has 0 aromatic heterocycles. The van der Waals surface area contributed by atoms with Crippen LogP contribution in [0.4, 0.5) is 0 Å². The number of imide groups is 1. The molecular formula is C32H34N2O11. The Kier molecular flexibility index (Phi) is 7.27. The summed E-state index contributed by atoms with van der Waals surface area (Å²) in [7, 11) is 0. The number of carbonyl (C=O) groups is 4. The van der Waals surface area contributed by atoms with Crippen LogP contribution >= 0.6 is 0 Å². The minimum Gasteiger partial charge on any atom is -0.504 e. The molecule has 238 valence electrons. The highest BCUT2D eigenvalue weighted by atomic mass is 16.5. The highest BCUT2D eigenvalue weighted by molar-refractivity contribution is 6.22. The minimum absolute atomic E-state index is 0.0406. The number of amides is 2. The van der Waals surface area contributed by atoms with Crippen molar-refractivity contribution in [3.8, 4) is 11.5 Å². The van der Waals surface area contributed by atoms with Crippen LogP contribution in [-0.2, 0) is 21.4 Å². The molecule has 5 aliphatic rings. The van der Waals surface area contributed by atoms with Crippen molar-refractivity contribution in [1.82, 2.24) is 9.80 Å². The number of aliphatic carboxylic acids is 2. The van der Waals surface area contributed by atoms with Crippen LogP contribution in [0.1, 0.15) is 56.7 Å². The maximum atomic E-state index is 13.6. The first-order valence-corrected chi connectivity index (χ1v) is 14.7. The standard InChI is InChI=1S/C28H28N2O5.C4H6O6/c1-3-12-29-13-11-27-22-16-7-8-19(31)23(22)35-24(27)18(9-10-28(27,34)20(29)14-16)30-25(32)17-6-4-5-15(2)21(17)26(30)33;5-1(3(7)8)2(6)4(9)10/h3-8,18,20,24,31,34H,1,9-14H2,2H3;1-2,5-6H,(H,7,8)(H,9,10)/t18-,20-,24+,27+,28?;/m1./s1. The summed E-state index contributed by atoms with van der Waals surface area (Å²) in [5.41, 5.74) is 1.69. The number of carbonyl (C=O) groups excluding carboxylic acids is 2. The van der Waals surface area contributed by atoms with E-state index in [2.05, 4.69) is 11.5 Å². The fourth-order valence-corrected chi connectivity index (χ4v) is 8.30. The predicted molar refractivity (Wildman–Crippen MR) is 155 cm³/mol. The van der Waals surface area contributed by atoms with E-state index >= 15 is 0 Å². The van der Waals surface area contributed by atoms with E-state index < -0.39 is 47.3 Å². The van der Waals surface area contributed by atoms with Gasteiger partial charge in [-0.15, -0.1) is 6.58 Å². The fraction of sp³-hybridized carbons (Fsp3) is 0.438. The van der Waals surface area contributed by atoms with Gasteiger partial charge < -0.3 is 35.4 Å². The third-order valence-corrected chi connectivity index (χ3v) is 10.2. The summed E-state index contributed by atoms with van der Waals surface area (Å²) < 4.78 is 6.53. The van der Waals surface area contributed by atoms with Crippen LogP contribution in [-0.4, -0.2) is 113 Å². The zero-order valence-electron chi connectivity index (χ0n) is 24.4. The number of nitrogens with zero attached hydrogens (tertiary/aromatic N) is 2. The Labute approximate surface area is 257 Å². The van der Waals surface area contributed by atoms with E-state index in [1.165, 1.54) is 4.90 Å². The number of ether oxygens (including phenoxy) is 1. The molecular weight excluding hydrogens is 588 g/mol. The van der Waals surface area contributed by atoms with Crippen LogP contribution in [0.5, 0.6) is 11.5 Å². The maximum Gasteiger partial charge on any atom is 0.335 e. The number of phenols is 1. The van der Waals surface area contributed by atoms with Gasteiger partial charge in [-0.1, -0.05) is 24.3 Å². The number of rotatable bonds is 6. The molecule has 7 rings (SSSR count). The zero-order chi connectivity index (χ0) is 32.6. The van der Waals surface area contributed by atoms with Crippen molar-refractivity contribution >= 4 is 23.8 Å². The first-order chi connectivity index (χ1) is 21.3. The van der Waals surface area contributed by atoms with Crippen LogP contribution in [0.15, 0.2) is 43.0 Å². The molecule has 2 aromatic rings. The third kappa shape index (κ3) is 4.14. The lowest BCUT2D eigenvalue weighted by molar-refractivity contribution is -0.194. The van der Waals surface area contributed by atoms with E-state index in [4.69, 9.17) is 25.2 Å². The number of fused-ring (bicyclic) bond motifs is 1. The van der Waals surface area contributed by atoms with Crippen LogP contribution < -0.4 is 4.74 Å². The lowest BCUT2D eigenvalue weighted by Crippen LogP contribution is -2.78. The van der Waals surface area contributed by atoms with Gasteiger partial charge in [0.05, 0.1) is 28.2 Å². The maximum absolute atomic E-state index is 13.6. The summed E-state index contributed by atoms with van der Waals surface area (Å²) in [6.07, 6.45) is -1.14. The molecule has 13 heteroatoms. The molecule has 13 nitrogen and oxygen atoms in total. The summed E-state index contributed by atoms with van der Waals surface area (Å²) >= 11 is 0. The number of carboxylic acids is 2. The average molecular weight is 623 g/mol. The molecule has 2 fully saturated rings. The summed E-state index contributed by atoms with van der Waals surface area (Å²) in [4.78, 5) is 50.4. The Morgan fingerprint density at radius 1 is 1.09 bits per heavy atom. The molecule has 3 unspecified atom stereocenters. The van der Waals surface area contributed by atoms with Gasteiger partial charge >= 0.3 is 11.9 Å². The number of aliphatic hydroxyl groups excluding tert-OH is 2. The summed E-state index contributed by atoms with van der Waals surface area (Å²) in [6.45, 7) is 7.17. The van der Waals surface area contributed by atoms with E-state index in [0.29, 0.717) is 49.1 Å². The molecule has 45 heavy (non-hydrogen) atoms. The molecule has 2 amide bonds. The third-order valence-electron chi connectivity index (χ3n) is 10.2. The number of hydrogen-bond donors (Lipinski definition) is 6. The van der Waals surface area contributed by atoms with Crippen LogP contribution in [0.3, 0.4) is 0 Å². The fourth-order valence-electron chi connectivity index (χ4n) is 8.30. The average Bonchev–Trinajstić information content (AvgIpc) is 3.48. The van der Waals surface area contributed by atoms with Crippen LogP contribution in [0.2, 0.25) is 0 Å². The predicted octanol–water partition coefficient (Wildman–Crippen LogP) is 0.583. The second-order valence-electron chi connectivity index (χ2n) is 12.3. The SMILES string of the molecule is C=CCN1CC[C@]23c4c5ccc(O)c4O[C@H]2[C@H](N2C(=O)c4cccc(C)c4C2=O)CCC3(O)[C@H]1C5.O=C(O)C(O)C(O)C(=O)O. The highest BCUT2D eigenvalue weighted by Crippen LogP contribution is 2.66. The lowest BCUT2D eigenvalue weighted by atomic mass is 9.48. The highest BCUT2D eigenvalue weighted by Gasteiger charge is 2.74. The molecule has 2 aliphatic carbocycles. The van der Waals surface area contributed by atoms with E-state index in [-0.39, 0.29) is 23.6 Å². The Bertz CT molecular complexity index is 1620. The number of hydrogen-bond acceptors (Lipinski definition) is 10. The van der Waals surface area contributed by atoms with E-state index in [1.54, 1.807) is 18.2 Å². The first kappa shape index (κ1) is 30.7. The smallest absolute Gasteiger partial charge is 0.335 e. The Morgan fingerprint density at radius 3 is 2.40 bits per heavy atom. The van der Waals surface area contributed by atoms with Gasteiger partial charge in [-0.05, 0) is 62.4 Å². The number of aliphatic hydroxyl groups is 3. The monoisotopic (exact) mass is 622 g/mol. The van der Waals surface area contributed by atoms with Crippen LogP contribution in [0.25, 0.3) is 0 Å². The molecule has 7 atom stereocenters. The van der Waals surface area contributed by atoms with Crippen molar-refractivity contribution in [2.24, 2.45) is 0 Å². The second-order valence-corrected chi connectivity index (χ2v) is 12.3. The molecule has 1 spiro atoms. The van der Waals surface area contributed by atoms with Crippen molar-refractivity contribution in [3.05, 3.63) is 70.8 Å². The first-order valence-electron chi connectivity index (χ1n) is 14.7. The number of carboxylic acid groups (broad SMARTS) is 2. The summed E-state index contributed by atoms with van der Waals surface area (Å²) in [6, 6.07) is 8.27. The van der Waals surface area contributed by atoms with Crippen molar-refractivity contribution in [2.45, 2.75) is 74.0 Å². The van der Waals surface area contributed by atoms with E-state index in [1.807, 2.05) is 25.1 Å². The van der Waals surface area contributed by atoms with Gasteiger partial charge in [0.2, 0.25) is 0 Å². The van der Waals surface area contributed by atoms with Crippen molar-refractivity contribution in [2.75, 3.05) is 13.1 Å². The number of benzene rings is 2. The minimum atomic E-state index is -2.27. The topological polar surface area (TPSA) is 205 Å². The van der Waals surface area contributed by atoms with Gasteiger partial charge in [-0.3, -0.25) is 19.4 Å². The van der Waals surface area contributed by atoms with E-state index in [0.717, 1.165) is 23.2 Å². The van der Waals surface area contributed by atoms with Gasteiger partial charge in [0, 0.05) is 18.2 Å². The van der Waals surface area contributed by atoms with E-state index in [9.17, 15) is 29.4 Å². The van der Waals surface area contributed by atoms with Gasteiger partial charge in [0.15, 0.2) is 23.7 Å². The largest absolute Gasteiger partial charge is 0.504 e. The van der Waals surface area contributed by atoms with Crippen LogP contribution in [0, 0.1) is 6.92 Å². The number of aromatic hydroxyl groups is 1. The van der Waals surface area contributed by atoms with Gasteiger partial charge in [-0.2, -0.15) is 0 Å². The molecule has 2 aromatic carbocycles. The quantitative estimate of drug-likeness (QED) is 0.193. The summed E-state index contributed by atoms with van der Waals surface area (Å²) in [5, 5.41) is 55.8. The molecule has 2 bridgehead atoms. The Morgan fingerprint density at radius 2 is 1.78 bits per heavy atom. The van der Waals surface area contributed by atoms with Gasteiger partial charge in [0.1, 0.15) is 6.10 Å². The molecule has 3 aliphatic heterocycles. The molecule has 6 N–H and O–H groups in total. The normalized spacial score (nSPS) is 30.3. The molecule has 0 radical (unpaired) electrons. The molecule has 1 saturated carbocycles. The zero-order valence-corrected chi connectivity index (χ0v) is 24.4. The number of piperidine rings is 1. The Balaban J connectivity index is 0.000000311. The Hall–Kier alpha value is -4.30. The lowest BCUT2D eigenvalue weighted by Gasteiger charge is -2.64. The van der Waals surface area contributed by atoms with Gasteiger partial charge in [-0.25, -0.2) is 9.59 Å². The molecule has 3 heterocycles. The summed E-state index contributed by atoms with van der Waals surface area (Å²) in [5.74, 6) is -3.69. The second kappa shape index (κ2) is 10.7. The van der Waals surface area contributed by atoms with Crippen molar-refractivity contribution in [3.63, 3.8) is 0 Å². The van der Waals surface area contributed by atoms with Crippen molar-refractivity contribution < 1.29 is 54.6 Å². The number of phenolic OH excluding ortho intramolecular Hbond substituents is 1. The number of aryl methyl sites for hydroxylation is 1. The number of likely N-dealkylation sites (tertiary alicyclic amines) is 1. The van der Waals surface area contributed by atoms with Crippen molar-refractivity contribution in [1.29, 1.82) is 0 Å². The molecule has 1 saturated heterocycles. The van der Waals surface area contributed by atoms with Gasteiger partial charge in [0.25, 0.3) is 11.8 Å².